The van der Waals surface area contributed by atoms with Crippen LogP contribution >= 0.6 is 0 Å². The van der Waals surface area contributed by atoms with Crippen molar-refractivity contribution in [1.82, 2.24) is 14.9 Å². The number of hydrogen-bond acceptors (Lipinski definition) is 4. The van der Waals surface area contributed by atoms with E-state index in [1.54, 1.807) is 4.57 Å². The molecular weight excluding hydrogens is 342 g/mol. The summed E-state index contributed by atoms with van der Waals surface area (Å²) in [5.74, 6) is -0.504. The summed E-state index contributed by atoms with van der Waals surface area (Å²) in [6.45, 7) is 2.07. The second-order valence-corrected chi connectivity index (χ2v) is 6.83. The zero-order chi connectivity index (χ0) is 19.0. The van der Waals surface area contributed by atoms with E-state index in [4.69, 9.17) is 4.98 Å². The molecule has 0 spiro atoms. The predicted octanol–water partition coefficient (Wildman–Crippen LogP) is 2.42. The normalized spacial score (nSPS) is 17.1. The van der Waals surface area contributed by atoms with Crippen molar-refractivity contribution in [2.75, 3.05) is 0 Å². The second kappa shape index (κ2) is 6.79. The number of amides is 2. The molecule has 1 N–H and O–H groups in total. The molecule has 0 radical (unpaired) electrons. The predicted molar refractivity (Wildman–Crippen MR) is 102 cm³/mol. The van der Waals surface area contributed by atoms with E-state index >= 15 is 0 Å². The molecule has 27 heavy (non-hydrogen) atoms. The highest BCUT2D eigenvalue weighted by molar-refractivity contribution is 5.98. The van der Waals surface area contributed by atoms with Gasteiger partial charge in [0.05, 0.1) is 16.8 Å². The van der Waals surface area contributed by atoms with E-state index < -0.39 is 5.92 Å². The monoisotopic (exact) mass is 361 g/mol. The minimum Gasteiger partial charge on any atom is -0.296 e. The zero-order valence-electron chi connectivity index (χ0n) is 14.9. The summed E-state index contributed by atoms with van der Waals surface area (Å²) in [5.41, 5.74) is 2.13. The molecule has 1 aromatic heterocycles. The van der Waals surface area contributed by atoms with Gasteiger partial charge in [-0.2, -0.15) is 0 Å². The third-order valence-corrected chi connectivity index (χ3v) is 4.98. The van der Waals surface area contributed by atoms with Crippen molar-refractivity contribution in [3.05, 3.63) is 64.4 Å². The molecule has 1 unspecified atom stereocenters. The first-order chi connectivity index (χ1) is 13.0. The van der Waals surface area contributed by atoms with Crippen molar-refractivity contribution in [1.29, 1.82) is 0 Å². The highest BCUT2D eigenvalue weighted by Gasteiger charge is 2.28. The zero-order valence-corrected chi connectivity index (χ0v) is 14.9. The smallest absolute Gasteiger partial charge is 0.261 e. The molecule has 136 valence electrons. The van der Waals surface area contributed by atoms with Gasteiger partial charge in [-0.1, -0.05) is 42.5 Å². The van der Waals surface area contributed by atoms with Crippen molar-refractivity contribution in [3.8, 4) is 11.4 Å². The van der Waals surface area contributed by atoms with E-state index in [0.717, 1.165) is 11.1 Å². The van der Waals surface area contributed by atoms with Gasteiger partial charge in [0.15, 0.2) is 0 Å². The molecule has 4 rings (SSSR count). The van der Waals surface area contributed by atoms with Gasteiger partial charge in [-0.25, -0.2) is 4.98 Å². The Morgan fingerprint density at radius 3 is 2.59 bits per heavy atom. The van der Waals surface area contributed by atoms with Gasteiger partial charge < -0.3 is 0 Å². The summed E-state index contributed by atoms with van der Waals surface area (Å²) in [6.07, 6.45) is 0.711. The first-order valence-electron chi connectivity index (χ1n) is 8.94. The van der Waals surface area contributed by atoms with Gasteiger partial charge in [0, 0.05) is 18.5 Å². The van der Waals surface area contributed by atoms with Crippen molar-refractivity contribution in [2.45, 2.75) is 26.3 Å². The molecule has 1 aliphatic rings. The summed E-state index contributed by atoms with van der Waals surface area (Å²) < 4.78 is 1.57. The molecule has 1 aliphatic heterocycles. The topological polar surface area (TPSA) is 81.1 Å². The van der Waals surface area contributed by atoms with Crippen LogP contribution < -0.4 is 10.9 Å². The number of hydrogen-bond donors (Lipinski definition) is 1. The number of nitrogens with zero attached hydrogens (tertiary/aromatic N) is 2. The molecule has 2 aromatic carbocycles. The van der Waals surface area contributed by atoms with Crippen LogP contribution in [-0.2, 0) is 16.1 Å². The van der Waals surface area contributed by atoms with Crippen molar-refractivity contribution in [3.63, 3.8) is 0 Å². The van der Waals surface area contributed by atoms with Gasteiger partial charge >= 0.3 is 0 Å². The highest BCUT2D eigenvalue weighted by Crippen LogP contribution is 2.23. The Kier molecular flexibility index (Phi) is 4.32. The molecule has 0 bridgehead atoms. The molecule has 3 aromatic rings. The standard InChI is InChI=1S/C21H19N3O3/c1-13-6-5-9-16-18(13)21(27)24(12-15-10-11-17(25)23-20(15)26)19(22-16)14-7-3-2-4-8-14/h2-9,15H,10-12H2,1H3,(H,23,25,26). The number of imide groups is 1. The number of carbonyl (C=O) groups is 2. The fraction of sp³-hybridized carbons (Fsp3) is 0.238. The van der Waals surface area contributed by atoms with Crippen LogP contribution in [0.3, 0.4) is 0 Å². The molecule has 2 amide bonds. The van der Waals surface area contributed by atoms with Crippen molar-refractivity contribution >= 4 is 22.7 Å². The van der Waals surface area contributed by atoms with Crippen LogP contribution in [0.2, 0.25) is 0 Å². The number of nitrogens with one attached hydrogen (secondary N) is 1. The number of carbonyl (C=O) groups excluding carboxylic acids is 2. The van der Waals surface area contributed by atoms with Crippen molar-refractivity contribution < 1.29 is 9.59 Å². The quantitative estimate of drug-likeness (QED) is 0.727. The summed E-state index contributed by atoms with van der Waals surface area (Å²) in [4.78, 5) is 41.7. The minimum atomic E-state index is -0.439. The van der Waals surface area contributed by atoms with E-state index in [1.165, 1.54) is 0 Å². The SMILES string of the molecule is Cc1cccc2nc(-c3ccccc3)n(CC3CCC(=O)NC3=O)c(=O)c12. The maximum atomic E-state index is 13.3. The Morgan fingerprint density at radius 1 is 1.07 bits per heavy atom. The van der Waals surface area contributed by atoms with Crippen LogP contribution in [0, 0.1) is 12.8 Å². The Hall–Kier alpha value is -3.28. The number of rotatable bonds is 3. The second-order valence-electron chi connectivity index (χ2n) is 6.83. The molecule has 1 saturated heterocycles. The number of piperidine rings is 1. The number of fused-ring (bicyclic) bond motifs is 1. The molecule has 0 aliphatic carbocycles. The lowest BCUT2D eigenvalue weighted by molar-refractivity contribution is -0.136. The summed E-state index contributed by atoms with van der Waals surface area (Å²) in [5, 5.41) is 2.92. The van der Waals surface area contributed by atoms with E-state index in [9.17, 15) is 14.4 Å². The van der Waals surface area contributed by atoms with Gasteiger partial charge in [-0.05, 0) is 25.0 Å². The fourth-order valence-electron chi connectivity index (χ4n) is 3.54. The Morgan fingerprint density at radius 2 is 1.85 bits per heavy atom. The van der Waals surface area contributed by atoms with Gasteiger partial charge in [0.25, 0.3) is 5.56 Å². The first kappa shape index (κ1) is 17.1. The van der Waals surface area contributed by atoms with Crippen LogP contribution in [0.25, 0.3) is 22.3 Å². The van der Waals surface area contributed by atoms with E-state index in [2.05, 4.69) is 5.32 Å². The van der Waals surface area contributed by atoms with Crippen LogP contribution in [0.1, 0.15) is 18.4 Å². The third kappa shape index (κ3) is 3.14. The lowest BCUT2D eigenvalue weighted by Crippen LogP contribution is -2.43. The van der Waals surface area contributed by atoms with Crippen LogP contribution in [-0.4, -0.2) is 21.4 Å². The Bertz CT molecular complexity index is 1100. The van der Waals surface area contributed by atoms with Crippen molar-refractivity contribution in [2.24, 2.45) is 5.92 Å². The largest absolute Gasteiger partial charge is 0.296 e. The summed E-state index contributed by atoms with van der Waals surface area (Å²) in [6, 6.07) is 15.0. The van der Waals surface area contributed by atoms with Crippen LogP contribution in [0.5, 0.6) is 0 Å². The van der Waals surface area contributed by atoms with E-state index in [0.29, 0.717) is 23.1 Å². The van der Waals surface area contributed by atoms with Crippen LogP contribution in [0.4, 0.5) is 0 Å². The lowest BCUT2D eigenvalue weighted by Gasteiger charge is -2.23. The van der Waals surface area contributed by atoms with E-state index in [1.807, 2.05) is 55.5 Å². The molecule has 0 saturated carbocycles. The van der Waals surface area contributed by atoms with Gasteiger partial charge in [0.2, 0.25) is 11.8 Å². The molecule has 1 atom stereocenters. The van der Waals surface area contributed by atoms with E-state index in [-0.39, 0.29) is 30.3 Å². The lowest BCUT2D eigenvalue weighted by atomic mass is 9.97. The fourth-order valence-corrected chi connectivity index (χ4v) is 3.54. The summed E-state index contributed by atoms with van der Waals surface area (Å²) >= 11 is 0. The highest BCUT2D eigenvalue weighted by atomic mass is 16.2. The first-order valence-corrected chi connectivity index (χ1v) is 8.94. The van der Waals surface area contributed by atoms with Crippen LogP contribution in [0.15, 0.2) is 53.3 Å². The average molecular weight is 361 g/mol. The number of benzene rings is 2. The maximum absolute atomic E-state index is 13.3. The van der Waals surface area contributed by atoms with Gasteiger partial charge in [0.1, 0.15) is 5.82 Å². The molecule has 2 heterocycles. The Labute approximate surface area is 155 Å². The molecule has 1 fully saturated rings. The van der Waals surface area contributed by atoms with Gasteiger partial charge in [-0.15, -0.1) is 0 Å². The number of aromatic nitrogens is 2. The Balaban J connectivity index is 1.90. The number of aryl methyl sites for hydroxylation is 1. The molecule has 6 heteroatoms. The molecular formula is C21H19N3O3. The maximum Gasteiger partial charge on any atom is 0.261 e. The minimum absolute atomic E-state index is 0.165. The van der Waals surface area contributed by atoms with Gasteiger partial charge in [-0.3, -0.25) is 24.3 Å². The third-order valence-electron chi connectivity index (χ3n) is 4.98. The molecule has 6 nitrogen and oxygen atoms in total. The average Bonchev–Trinajstić information content (AvgIpc) is 2.66. The summed E-state index contributed by atoms with van der Waals surface area (Å²) in [7, 11) is 0.